The molecule has 2 heteroatoms. The van der Waals surface area contributed by atoms with E-state index < -0.39 is 0 Å². The zero-order valence-corrected chi connectivity index (χ0v) is 12.6. The van der Waals surface area contributed by atoms with Gasteiger partial charge in [0, 0.05) is 0 Å². The maximum atomic E-state index is 8.84. The van der Waals surface area contributed by atoms with E-state index in [0.717, 1.165) is 12.2 Å². The Balaban J connectivity index is 2.39. The first-order valence-electron chi connectivity index (χ1n) is 7.11. The van der Waals surface area contributed by atoms with Crippen LogP contribution in [0, 0.1) is 11.8 Å². The number of aliphatic hydroxyl groups is 1. The second kappa shape index (κ2) is 11.0. The molecule has 0 fully saturated rings. The molecule has 0 unspecified atom stereocenters. The van der Waals surface area contributed by atoms with Crippen molar-refractivity contribution in [3.05, 3.63) is 35.9 Å². The van der Waals surface area contributed by atoms with Gasteiger partial charge in [0.1, 0.15) is 6.61 Å². The zero-order chi connectivity index (χ0) is 13.8. The summed E-state index contributed by atoms with van der Waals surface area (Å²) in [5.41, 5.74) is 1.32. The Hall–Kier alpha value is -0.910. The zero-order valence-electron chi connectivity index (χ0n) is 11.8. The van der Waals surface area contributed by atoms with Crippen molar-refractivity contribution >= 4 is 11.8 Å². The van der Waals surface area contributed by atoms with Crippen LogP contribution in [0.4, 0.5) is 0 Å². The van der Waals surface area contributed by atoms with Crippen LogP contribution in [0.15, 0.2) is 30.3 Å². The molecule has 1 N–H and O–H groups in total. The Labute approximate surface area is 121 Å². The molecule has 0 heterocycles. The van der Waals surface area contributed by atoms with Gasteiger partial charge in [0.2, 0.25) is 0 Å². The molecular formula is C17H24OS. The molecule has 0 aliphatic carbocycles. The summed E-state index contributed by atoms with van der Waals surface area (Å²) in [5, 5.41) is 9.14. The Morgan fingerprint density at radius 2 is 1.95 bits per heavy atom. The van der Waals surface area contributed by atoms with Crippen molar-refractivity contribution in [2.45, 2.75) is 44.3 Å². The van der Waals surface area contributed by atoms with Crippen LogP contribution in [-0.2, 0) is 6.42 Å². The van der Waals surface area contributed by atoms with Gasteiger partial charge in [-0.2, -0.15) is 0 Å². The number of hydrogen-bond acceptors (Lipinski definition) is 2. The topological polar surface area (TPSA) is 20.2 Å². The number of unbranched alkanes of at least 4 members (excludes halogenated alkanes) is 3. The molecular weight excluding hydrogens is 252 g/mol. The third-order valence-electron chi connectivity index (χ3n) is 2.92. The minimum Gasteiger partial charge on any atom is -0.384 e. The summed E-state index contributed by atoms with van der Waals surface area (Å²) in [6.07, 6.45) is 6.15. The lowest BCUT2D eigenvalue weighted by molar-refractivity contribution is 0.350. The third kappa shape index (κ3) is 7.97. The highest BCUT2D eigenvalue weighted by atomic mass is 32.2. The van der Waals surface area contributed by atoms with Crippen LogP contribution in [0.5, 0.6) is 0 Å². The average Bonchev–Trinajstić information content (AvgIpc) is 2.45. The van der Waals surface area contributed by atoms with Crippen LogP contribution in [0.2, 0.25) is 0 Å². The molecule has 1 aromatic carbocycles. The maximum absolute atomic E-state index is 8.84. The average molecular weight is 276 g/mol. The Morgan fingerprint density at radius 1 is 1.16 bits per heavy atom. The van der Waals surface area contributed by atoms with Crippen molar-refractivity contribution in [1.29, 1.82) is 0 Å². The highest BCUT2D eigenvalue weighted by Crippen LogP contribution is 2.18. The van der Waals surface area contributed by atoms with Gasteiger partial charge in [0.15, 0.2) is 0 Å². The fourth-order valence-corrected chi connectivity index (χ4v) is 3.03. The van der Waals surface area contributed by atoms with Gasteiger partial charge in [-0.3, -0.25) is 0 Å². The number of hydrogen-bond donors (Lipinski definition) is 1. The predicted octanol–water partition coefficient (Wildman–Crippen LogP) is 3.91. The van der Waals surface area contributed by atoms with Gasteiger partial charge in [0.05, 0.1) is 5.25 Å². The van der Waals surface area contributed by atoms with Crippen molar-refractivity contribution in [3.8, 4) is 11.8 Å². The molecule has 19 heavy (non-hydrogen) atoms. The molecule has 1 atom stereocenters. The van der Waals surface area contributed by atoms with Crippen molar-refractivity contribution < 1.29 is 5.11 Å². The largest absolute Gasteiger partial charge is 0.384 e. The minimum absolute atomic E-state index is 0.0400. The predicted molar refractivity (Wildman–Crippen MR) is 85.4 cm³/mol. The van der Waals surface area contributed by atoms with E-state index in [1.54, 1.807) is 0 Å². The summed E-state index contributed by atoms with van der Waals surface area (Å²) in [4.78, 5) is 0. The van der Waals surface area contributed by atoms with Crippen molar-refractivity contribution in [3.63, 3.8) is 0 Å². The molecule has 0 amide bonds. The Morgan fingerprint density at radius 3 is 2.63 bits per heavy atom. The number of rotatable bonds is 8. The Bertz CT molecular complexity index is 377. The molecule has 0 aliphatic heterocycles. The third-order valence-corrected chi connectivity index (χ3v) is 4.13. The fraction of sp³-hybridized carbons (Fsp3) is 0.529. The molecule has 0 aliphatic rings. The van der Waals surface area contributed by atoms with Gasteiger partial charge in [-0.25, -0.2) is 0 Å². The van der Waals surface area contributed by atoms with E-state index in [2.05, 4.69) is 43.0 Å². The SMILES string of the molecule is CCCCCCS[C@H](C#CCO)Cc1ccccc1. The van der Waals surface area contributed by atoms with Crippen molar-refractivity contribution in [2.75, 3.05) is 12.4 Å². The molecule has 0 saturated heterocycles. The molecule has 0 bridgehead atoms. The summed E-state index contributed by atoms with van der Waals surface area (Å²) in [6, 6.07) is 10.5. The second-order valence-electron chi connectivity index (χ2n) is 4.59. The number of benzene rings is 1. The summed E-state index contributed by atoms with van der Waals surface area (Å²) in [6.45, 7) is 2.19. The summed E-state index contributed by atoms with van der Waals surface area (Å²) >= 11 is 1.92. The standard InChI is InChI=1S/C17H24OS/c1-2-3-4-8-14-19-17(12-9-13-18)15-16-10-6-5-7-11-16/h5-7,10-11,17-18H,2-4,8,13-15H2,1H3/t17-/m1/s1. The van der Waals surface area contributed by atoms with Gasteiger partial charge in [-0.15, -0.1) is 11.8 Å². The quantitative estimate of drug-likeness (QED) is 0.574. The number of aliphatic hydroxyl groups excluding tert-OH is 1. The van der Waals surface area contributed by atoms with Crippen LogP contribution in [-0.4, -0.2) is 22.7 Å². The molecule has 0 spiro atoms. The lowest BCUT2D eigenvalue weighted by atomic mass is 10.1. The van der Waals surface area contributed by atoms with Crippen LogP contribution in [0.1, 0.15) is 38.2 Å². The molecule has 0 radical (unpaired) electrons. The van der Waals surface area contributed by atoms with E-state index in [9.17, 15) is 0 Å². The molecule has 0 aromatic heterocycles. The van der Waals surface area contributed by atoms with Crippen LogP contribution in [0.3, 0.4) is 0 Å². The van der Waals surface area contributed by atoms with E-state index >= 15 is 0 Å². The van der Waals surface area contributed by atoms with Crippen LogP contribution < -0.4 is 0 Å². The number of thioether (sulfide) groups is 1. The Kier molecular flexibility index (Phi) is 9.32. The lowest BCUT2D eigenvalue weighted by Gasteiger charge is -2.10. The van der Waals surface area contributed by atoms with Crippen molar-refractivity contribution in [1.82, 2.24) is 0 Å². The van der Waals surface area contributed by atoms with E-state index in [1.165, 1.54) is 31.2 Å². The minimum atomic E-state index is -0.0400. The van der Waals surface area contributed by atoms with E-state index in [0.29, 0.717) is 5.25 Å². The van der Waals surface area contributed by atoms with E-state index in [-0.39, 0.29) is 6.61 Å². The smallest absolute Gasteiger partial charge is 0.104 e. The van der Waals surface area contributed by atoms with Gasteiger partial charge < -0.3 is 5.11 Å². The van der Waals surface area contributed by atoms with Crippen LogP contribution in [0.25, 0.3) is 0 Å². The first-order valence-corrected chi connectivity index (χ1v) is 8.16. The normalized spacial score (nSPS) is 11.7. The summed E-state index contributed by atoms with van der Waals surface area (Å²) in [5.74, 6) is 7.14. The molecule has 0 saturated carbocycles. The van der Waals surface area contributed by atoms with Gasteiger partial charge in [0.25, 0.3) is 0 Å². The van der Waals surface area contributed by atoms with Crippen molar-refractivity contribution in [2.24, 2.45) is 0 Å². The van der Waals surface area contributed by atoms with Crippen LogP contribution >= 0.6 is 11.8 Å². The van der Waals surface area contributed by atoms with E-state index in [4.69, 9.17) is 5.11 Å². The van der Waals surface area contributed by atoms with Gasteiger partial charge in [-0.05, 0) is 24.2 Å². The van der Waals surface area contributed by atoms with Gasteiger partial charge >= 0.3 is 0 Å². The van der Waals surface area contributed by atoms with E-state index in [1.807, 2.05) is 17.8 Å². The second-order valence-corrected chi connectivity index (χ2v) is 5.90. The fourth-order valence-electron chi connectivity index (χ4n) is 1.89. The monoisotopic (exact) mass is 276 g/mol. The first kappa shape index (κ1) is 16.1. The highest BCUT2D eigenvalue weighted by Gasteiger charge is 2.06. The first-order chi connectivity index (χ1) is 9.36. The van der Waals surface area contributed by atoms with Gasteiger partial charge in [-0.1, -0.05) is 68.4 Å². The molecule has 104 valence electrons. The highest BCUT2D eigenvalue weighted by molar-refractivity contribution is 8.00. The summed E-state index contributed by atoms with van der Waals surface area (Å²) < 4.78 is 0. The molecule has 1 rings (SSSR count). The maximum Gasteiger partial charge on any atom is 0.104 e. The molecule has 1 aromatic rings. The molecule has 1 nitrogen and oxygen atoms in total. The lowest BCUT2D eigenvalue weighted by Crippen LogP contribution is -2.05. The summed E-state index contributed by atoms with van der Waals surface area (Å²) in [7, 11) is 0.